The Morgan fingerprint density at radius 1 is 1.39 bits per heavy atom. The van der Waals surface area contributed by atoms with Crippen LogP contribution in [0, 0.1) is 6.92 Å². The summed E-state index contributed by atoms with van der Waals surface area (Å²) in [5.41, 5.74) is 7.42. The van der Waals surface area contributed by atoms with Crippen molar-refractivity contribution in [2.75, 3.05) is 17.7 Å². The first kappa shape index (κ1) is 13.2. The van der Waals surface area contributed by atoms with Crippen LogP contribution in [0.4, 0.5) is 11.5 Å². The average Bonchev–Trinajstić information content (AvgIpc) is 2.67. The lowest BCUT2D eigenvalue weighted by molar-refractivity contribution is 0.172. The second-order valence-electron chi connectivity index (χ2n) is 5.29. The largest absolute Gasteiger partial charge is 0.394 e. The van der Waals surface area contributed by atoms with Gasteiger partial charge in [-0.25, -0.2) is 4.68 Å². The molecule has 0 unspecified atom stereocenters. The molecule has 102 valence electrons. The summed E-state index contributed by atoms with van der Waals surface area (Å²) in [4.78, 5) is 0. The van der Waals surface area contributed by atoms with Gasteiger partial charge >= 0.3 is 0 Å². The average molecular weight is 252 g/mol. The van der Waals surface area contributed by atoms with Gasteiger partial charge in [0.25, 0.3) is 0 Å². The summed E-state index contributed by atoms with van der Waals surface area (Å²) >= 11 is 0. The third-order valence-electron chi connectivity index (χ3n) is 3.97. The first-order chi connectivity index (χ1) is 8.62. The van der Waals surface area contributed by atoms with Gasteiger partial charge in [0.05, 0.1) is 23.5 Å². The number of aryl methyl sites for hydroxylation is 2. The lowest BCUT2D eigenvalue weighted by Crippen LogP contribution is -2.44. The zero-order chi connectivity index (χ0) is 13.2. The summed E-state index contributed by atoms with van der Waals surface area (Å²) in [7, 11) is 0. The number of nitrogens with one attached hydrogen (secondary N) is 1. The standard InChI is InChI=1S/C13H24N4O/c1-3-17-12(11(14)10(2)16-17)15-13(9-18)7-5-4-6-8-13/h15,18H,3-9,14H2,1-2H3. The number of rotatable bonds is 4. The maximum atomic E-state index is 9.73. The van der Waals surface area contributed by atoms with E-state index in [4.69, 9.17) is 5.73 Å². The number of hydrogen-bond acceptors (Lipinski definition) is 4. The lowest BCUT2D eigenvalue weighted by atomic mass is 9.82. The Labute approximate surface area is 108 Å². The smallest absolute Gasteiger partial charge is 0.148 e. The van der Waals surface area contributed by atoms with Crippen molar-refractivity contribution in [3.63, 3.8) is 0 Å². The van der Waals surface area contributed by atoms with E-state index in [-0.39, 0.29) is 12.1 Å². The van der Waals surface area contributed by atoms with E-state index in [2.05, 4.69) is 10.4 Å². The zero-order valence-electron chi connectivity index (χ0n) is 11.4. The van der Waals surface area contributed by atoms with E-state index in [0.29, 0.717) is 5.69 Å². The molecule has 1 aromatic heterocycles. The predicted molar refractivity (Wildman–Crippen MR) is 73.6 cm³/mol. The fourth-order valence-corrected chi connectivity index (χ4v) is 2.76. The summed E-state index contributed by atoms with van der Waals surface area (Å²) in [6.07, 6.45) is 5.57. The summed E-state index contributed by atoms with van der Waals surface area (Å²) < 4.78 is 1.89. The Morgan fingerprint density at radius 3 is 2.61 bits per heavy atom. The minimum absolute atomic E-state index is 0.153. The highest BCUT2D eigenvalue weighted by Crippen LogP contribution is 2.34. The minimum atomic E-state index is -0.217. The highest BCUT2D eigenvalue weighted by molar-refractivity contribution is 5.65. The van der Waals surface area contributed by atoms with Gasteiger partial charge in [0.1, 0.15) is 5.82 Å². The normalized spacial score (nSPS) is 18.8. The molecule has 4 N–H and O–H groups in total. The summed E-state index contributed by atoms with van der Waals surface area (Å²) in [6, 6.07) is 0. The fraction of sp³-hybridized carbons (Fsp3) is 0.769. The van der Waals surface area contributed by atoms with Gasteiger partial charge in [-0.3, -0.25) is 0 Å². The van der Waals surface area contributed by atoms with Gasteiger partial charge in [0.2, 0.25) is 0 Å². The van der Waals surface area contributed by atoms with Crippen molar-refractivity contribution in [3.8, 4) is 0 Å². The molecular weight excluding hydrogens is 228 g/mol. The molecular formula is C13H24N4O. The number of hydrogen-bond donors (Lipinski definition) is 3. The van der Waals surface area contributed by atoms with E-state index in [1.165, 1.54) is 6.42 Å². The molecule has 5 heteroatoms. The monoisotopic (exact) mass is 252 g/mol. The molecule has 1 aromatic rings. The highest BCUT2D eigenvalue weighted by Gasteiger charge is 2.33. The molecule has 0 spiro atoms. The van der Waals surface area contributed by atoms with Crippen LogP contribution in [0.5, 0.6) is 0 Å². The number of anilines is 2. The third kappa shape index (κ3) is 2.32. The van der Waals surface area contributed by atoms with E-state index in [1.807, 2.05) is 18.5 Å². The topological polar surface area (TPSA) is 76.1 Å². The van der Waals surface area contributed by atoms with Crippen LogP contribution in [-0.2, 0) is 6.54 Å². The Hall–Kier alpha value is -1.23. The number of nitrogen functional groups attached to an aromatic ring is 1. The first-order valence-corrected chi connectivity index (χ1v) is 6.84. The van der Waals surface area contributed by atoms with Crippen molar-refractivity contribution in [1.82, 2.24) is 9.78 Å². The van der Waals surface area contributed by atoms with E-state index in [1.54, 1.807) is 0 Å². The van der Waals surface area contributed by atoms with Crippen LogP contribution in [0.3, 0.4) is 0 Å². The highest BCUT2D eigenvalue weighted by atomic mass is 16.3. The first-order valence-electron chi connectivity index (χ1n) is 6.84. The molecule has 0 aliphatic heterocycles. The van der Waals surface area contributed by atoms with Crippen LogP contribution in [0.1, 0.15) is 44.7 Å². The molecule has 0 atom stereocenters. The van der Waals surface area contributed by atoms with Gasteiger partial charge in [0, 0.05) is 6.54 Å². The second kappa shape index (κ2) is 5.18. The van der Waals surface area contributed by atoms with E-state index < -0.39 is 0 Å². The Kier molecular flexibility index (Phi) is 3.80. The molecule has 2 rings (SSSR count). The van der Waals surface area contributed by atoms with Gasteiger partial charge in [-0.15, -0.1) is 0 Å². The quantitative estimate of drug-likeness (QED) is 0.765. The molecule has 0 saturated heterocycles. The lowest BCUT2D eigenvalue weighted by Gasteiger charge is -2.37. The fourth-order valence-electron chi connectivity index (χ4n) is 2.76. The van der Waals surface area contributed by atoms with Crippen LogP contribution in [0.2, 0.25) is 0 Å². The van der Waals surface area contributed by atoms with Crippen LogP contribution in [0.25, 0.3) is 0 Å². The molecule has 18 heavy (non-hydrogen) atoms. The SMILES string of the molecule is CCn1nc(C)c(N)c1NC1(CO)CCCCC1. The van der Waals surface area contributed by atoms with Crippen molar-refractivity contribution in [3.05, 3.63) is 5.69 Å². The third-order valence-corrected chi connectivity index (χ3v) is 3.97. The molecule has 0 radical (unpaired) electrons. The van der Waals surface area contributed by atoms with Crippen molar-refractivity contribution < 1.29 is 5.11 Å². The maximum Gasteiger partial charge on any atom is 0.148 e. The molecule has 5 nitrogen and oxygen atoms in total. The van der Waals surface area contributed by atoms with Crippen LogP contribution < -0.4 is 11.1 Å². The van der Waals surface area contributed by atoms with Gasteiger partial charge in [0.15, 0.2) is 0 Å². The Morgan fingerprint density at radius 2 is 2.06 bits per heavy atom. The van der Waals surface area contributed by atoms with Crippen LogP contribution >= 0.6 is 0 Å². The van der Waals surface area contributed by atoms with Crippen molar-refractivity contribution in [1.29, 1.82) is 0 Å². The minimum Gasteiger partial charge on any atom is -0.394 e. The molecule has 1 aliphatic rings. The van der Waals surface area contributed by atoms with Crippen molar-refractivity contribution in [2.24, 2.45) is 0 Å². The summed E-state index contributed by atoms with van der Waals surface area (Å²) in [6.45, 7) is 4.89. The maximum absolute atomic E-state index is 9.73. The van der Waals surface area contributed by atoms with Gasteiger partial charge in [-0.2, -0.15) is 5.10 Å². The second-order valence-corrected chi connectivity index (χ2v) is 5.29. The molecule has 1 aliphatic carbocycles. The van der Waals surface area contributed by atoms with Crippen molar-refractivity contribution >= 4 is 11.5 Å². The van der Waals surface area contributed by atoms with E-state index in [9.17, 15) is 5.11 Å². The number of nitrogens with zero attached hydrogens (tertiary/aromatic N) is 2. The zero-order valence-corrected chi connectivity index (χ0v) is 11.4. The van der Waals surface area contributed by atoms with Crippen LogP contribution in [0.15, 0.2) is 0 Å². The molecule has 1 fully saturated rings. The molecule has 1 saturated carbocycles. The molecule has 0 bridgehead atoms. The molecule has 0 amide bonds. The van der Waals surface area contributed by atoms with Gasteiger partial charge in [-0.1, -0.05) is 19.3 Å². The van der Waals surface area contributed by atoms with Crippen LogP contribution in [-0.4, -0.2) is 27.0 Å². The molecule has 1 heterocycles. The number of aliphatic hydroxyl groups is 1. The number of aromatic nitrogens is 2. The number of aliphatic hydroxyl groups excluding tert-OH is 1. The van der Waals surface area contributed by atoms with Crippen molar-refractivity contribution in [2.45, 2.75) is 58.0 Å². The number of nitrogens with two attached hydrogens (primary N) is 1. The molecule has 0 aromatic carbocycles. The Bertz CT molecular complexity index is 407. The van der Waals surface area contributed by atoms with E-state index >= 15 is 0 Å². The summed E-state index contributed by atoms with van der Waals surface area (Å²) in [5.74, 6) is 0.867. The van der Waals surface area contributed by atoms with Gasteiger partial charge < -0.3 is 16.2 Å². The van der Waals surface area contributed by atoms with Gasteiger partial charge in [-0.05, 0) is 26.7 Å². The van der Waals surface area contributed by atoms with E-state index in [0.717, 1.165) is 43.7 Å². The summed E-state index contributed by atoms with van der Waals surface area (Å²) in [5, 5.41) is 17.6. The Balaban J connectivity index is 2.26. The predicted octanol–water partition coefficient (Wildman–Crippen LogP) is 1.90.